The fourth-order valence-corrected chi connectivity index (χ4v) is 2.60. The van der Waals surface area contributed by atoms with Crippen LogP contribution in [0.2, 0.25) is 0 Å². The minimum absolute atomic E-state index is 0.0183. The molecule has 0 aliphatic carbocycles. The monoisotopic (exact) mass is 343 g/mol. The fraction of sp³-hybridized carbons (Fsp3) is 0.333. The maximum atomic E-state index is 12.6. The number of nitrogens with two attached hydrogens (primary N) is 1. The number of esters is 1. The molecule has 0 aliphatic heterocycles. The minimum Gasteiger partial charge on any atom is -0.466 e. The summed E-state index contributed by atoms with van der Waals surface area (Å²) in [6.07, 6.45) is 1.57. The zero-order valence-corrected chi connectivity index (χ0v) is 14.2. The van der Waals surface area contributed by atoms with Gasteiger partial charge in [0.05, 0.1) is 24.1 Å². The topological polar surface area (TPSA) is 111 Å². The smallest absolute Gasteiger partial charge is 0.306 e. The average molecular weight is 343 g/mol. The van der Waals surface area contributed by atoms with Crippen molar-refractivity contribution in [2.24, 2.45) is 11.7 Å². The van der Waals surface area contributed by atoms with Gasteiger partial charge < -0.3 is 15.8 Å². The normalized spacial score (nSPS) is 13.0. The number of carbonyl (C=O) groups is 3. The molecule has 132 valence electrons. The molecule has 0 spiro atoms. The third-order valence-electron chi connectivity index (χ3n) is 3.83. The highest BCUT2D eigenvalue weighted by atomic mass is 16.5. The molecule has 7 nitrogen and oxygen atoms in total. The Labute approximate surface area is 145 Å². The number of nitrogens with one attached hydrogen (secondary N) is 1. The number of nitrogens with zero attached hydrogens (tertiary/aromatic N) is 1. The second kappa shape index (κ2) is 8.23. The number of amides is 2. The van der Waals surface area contributed by atoms with Crippen LogP contribution in [0.3, 0.4) is 0 Å². The fourth-order valence-electron chi connectivity index (χ4n) is 2.60. The maximum Gasteiger partial charge on any atom is 0.306 e. The van der Waals surface area contributed by atoms with Gasteiger partial charge in [0.2, 0.25) is 5.91 Å². The van der Waals surface area contributed by atoms with Crippen molar-refractivity contribution in [2.45, 2.75) is 26.3 Å². The van der Waals surface area contributed by atoms with Gasteiger partial charge in [0.1, 0.15) is 6.04 Å². The van der Waals surface area contributed by atoms with Crippen LogP contribution in [-0.4, -0.2) is 35.4 Å². The number of para-hydroxylation sites is 1. The first-order valence-corrected chi connectivity index (χ1v) is 8.03. The zero-order chi connectivity index (χ0) is 18.4. The van der Waals surface area contributed by atoms with Crippen LogP contribution in [-0.2, 0) is 14.3 Å². The van der Waals surface area contributed by atoms with Crippen LogP contribution >= 0.6 is 0 Å². The first-order chi connectivity index (χ1) is 11.9. The Morgan fingerprint density at radius 2 is 1.96 bits per heavy atom. The van der Waals surface area contributed by atoms with Crippen molar-refractivity contribution in [3.63, 3.8) is 0 Å². The largest absolute Gasteiger partial charge is 0.466 e. The number of fused-ring (bicyclic) bond motifs is 1. The van der Waals surface area contributed by atoms with Gasteiger partial charge in [-0.25, -0.2) is 0 Å². The van der Waals surface area contributed by atoms with Gasteiger partial charge in [-0.2, -0.15) is 0 Å². The Morgan fingerprint density at radius 1 is 1.24 bits per heavy atom. The van der Waals surface area contributed by atoms with E-state index in [0.29, 0.717) is 11.1 Å². The summed E-state index contributed by atoms with van der Waals surface area (Å²) in [4.78, 5) is 40.2. The number of hydrogen-bond acceptors (Lipinski definition) is 5. The standard InChI is InChI=1S/C18H21N3O4/c1-3-25-14(22)10-11(2)15(17(19)23)21-18(24)13-8-4-6-12-7-5-9-20-16(12)13/h4-9,11,15H,3,10H2,1-2H3,(H2,19,23)(H,21,24)/t11-,15+/m0/s1. The van der Waals surface area contributed by atoms with Crippen LogP contribution in [0.15, 0.2) is 36.5 Å². The number of primary amides is 1. The molecule has 0 radical (unpaired) electrons. The summed E-state index contributed by atoms with van der Waals surface area (Å²) in [5.74, 6) is -2.12. The molecule has 0 fully saturated rings. The van der Waals surface area contributed by atoms with E-state index in [2.05, 4.69) is 10.3 Å². The lowest BCUT2D eigenvalue weighted by Crippen LogP contribution is -2.49. The van der Waals surface area contributed by atoms with E-state index < -0.39 is 29.7 Å². The number of carbonyl (C=O) groups excluding carboxylic acids is 3. The Bertz CT molecular complexity index is 785. The molecule has 0 aliphatic rings. The molecule has 2 rings (SSSR count). The predicted molar refractivity (Wildman–Crippen MR) is 92.6 cm³/mol. The minimum atomic E-state index is -0.990. The Morgan fingerprint density at radius 3 is 2.64 bits per heavy atom. The van der Waals surface area contributed by atoms with Crippen molar-refractivity contribution in [1.82, 2.24) is 10.3 Å². The van der Waals surface area contributed by atoms with Gasteiger partial charge >= 0.3 is 5.97 Å². The summed E-state index contributed by atoms with van der Waals surface area (Å²) >= 11 is 0. The Hall–Kier alpha value is -2.96. The third kappa shape index (κ3) is 4.53. The van der Waals surface area contributed by atoms with Gasteiger partial charge in [0.25, 0.3) is 5.91 Å². The van der Waals surface area contributed by atoms with E-state index in [1.165, 1.54) is 0 Å². The van der Waals surface area contributed by atoms with Gasteiger partial charge in [-0.1, -0.05) is 25.1 Å². The zero-order valence-electron chi connectivity index (χ0n) is 14.2. The van der Waals surface area contributed by atoms with Crippen LogP contribution in [0, 0.1) is 5.92 Å². The molecule has 1 aromatic heterocycles. The summed E-state index contributed by atoms with van der Waals surface area (Å²) in [5.41, 5.74) is 6.28. The maximum absolute atomic E-state index is 12.6. The molecule has 2 aromatic rings. The van der Waals surface area contributed by atoms with Crippen molar-refractivity contribution in [1.29, 1.82) is 0 Å². The molecule has 1 aromatic carbocycles. The van der Waals surface area contributed by atoms with Crippen LogP contribution < -0.4 is 11.1 Å². The van der Waals surface area contributed by atoms with Crippen molar-refractivity contribution in [3.05, 3.63) is 42.1 Å². The van der Waals surface area contributed by atoms with Gasteiger partial charge in [-0.15, -0.1) is 0 Å². The number of benzene rings is 1. The molecule has 2 amide bonds. The Balaban J connectivity index is 2.20. The van der Waals surface area contributed by atoms with Crippen LogP contribution in [0.25, 0.3) is 10.9 Å². The van der Waals surface area contributed by atoms with Gasteiger partial charge in [0.15, 0.2) is 0 Å². The predicted octanol–water partition coefficient (Wildman–Crippen LogP) is 1.41. The van der Waals surface area contributed by atoms with E-state index in [4.69, 9.17) is 10.5 Å². The molecule has 0 saturated heterocycles. The summed E-state index contributed by atoms with van der Waals surface area (Å²) in [5, 5.41) is 3.42. The van der Waals surface area contributed by atoms with Crippen molar-refractivity contribution in [3.8, 4) is 0 Å². The van der Waals surface area contributed by atoms with Gasteiger partial charge in [-0.05, 0) is 25.0 Å². The average Bonchev–Trinajstić information content (AvgIpc) is 2.58. The molecule has 7 heteroatoms. The lowest BCUT2D eigenvalue weighted by molar-refractivity contribution is -0.144. The van der Waals surface area contributed by atoms with Crippen molar-refractivity contribution >= 4 is 28.7 Å². The highest BCUT2D eigenvalue weighted by molar-refractivity contribution is 6.06. The van der Waals surface area contributed by atoms with Crippen LogP contribution in [0.1, 0.15) is 30.6 Å². The van der Waals surface area contributed by atoms with Crippen LogP contribution in [0.5, 0.6) is 0 Å². The SMILES string of the molecule is CCOC(=O)C[C@H](C)[C@@H](NC(=O)c1cccc2cccnc12)C(N)=O. The van der Waals surface area contributed by atoms with E-state index in [1.54, 1.807) is 38.2 Å². The highest BCUT2D eigenvalue weighted by Gasteiger charge is 2.28. The van der Waals surface area contributed by atoms with Gasteiger partial charge in [-0.3, -0.25) is 19.4 Å². The highest BCUT2D eigenvalue weighted by Crippen LogP contribution is 2.17. The van der Waals surface area contributed by atoms with E-state index in [1.807, 2.05) is 12.1 Å². The molecule has 0 unspecified atom stereocenters. The van der Waals surface area contributed by atoms with Crippen LogP contribution in [0.4, 0.5) is 0 Å². The van der Waals surface area contributed by atoms with Crippen molar-refractivity contribution < 1.29 is 19.1 Å². The molecule has 2 atom stereocenters. The number of rotatable bonds is 7. The summed E-state index contributed by atoms with van der Waals surface area (Å²) in [7, 11) is 0. The first kappa shape index (κ1) is 18.4. The first-order valence-electron chi connectivity index (χ1n) is 8.03. The second-order valence-electron chi connectivity index (χ2n) is 5.72. The second-order valence-corrected chi connectivity index (χ2v) is 5.72. The molecule has 25 heavy (non-hydrogen) atoms. The lowest BCUT2D eigenvalue weighted by atomic mass is 9.97. The summed E-state index contributed by atoms with van der Waals surface area (Å²) in [6.45, 7) is 3.61. The number of ether oxygens (including phenoxy) is 1. The summed E-state index contributed by atoms with van der Waals surface area (Å²) < 4.78 is 4.88. The third-order valence-corrected chi connectivity index (χ3v) is 3.83. The van der Waals surface area contributed by atoms with E-state index in [-0.39, 0.29) is 13.0 Å². The quantitative estimate of drug-likeness (QED) is 0.738. The lowest BCUT2D eigenvalue weighted by Gasteiger charge is -2.22. The number of aromatic nitrogens is 1. The molecule has 3 N–H and O–H groups in total. The molecular formula is C18H21N3O4. The van der Waals surface area contributed by atoms with E-state index >= 15 is 0 Å². The molecule has 1 heterocycles. The number of pyridine rings is 1. The summed E-state index contributed by atoms with van der Waals surface area (Å²) in [6, 6.07) is 7.83. The molecular weight excluding hydrogens is 322 g/mol. The van der Waals surface area contributed by atoms with E-state index in [0.717, 1.165) is 5.39 Å². The Kier molecular flexibility index (Phi) is 6.05. The molecule has 0 saturated carbocycles. The molecule has 0 bridgehead atoms. The van der Waals surface area contributed by atoms with E-state index in [9.17, 15) is 14.4 Å². The van der Waals surface area contributed by atoms with Gasteiger partial charge in [0, 0.05) is 11.6 Å². The van der Waals surface area contributed by atoms with Crippen molar-refractivity contribution in [2.75, 3.05) is 6.61 Å². The number of hydrogen-bond donors (Lipinski definition) is 2.